The Morgan fingerprint density at radius 3 is 2.61 bits per heavy atom. The molecule has 1 aliphatic rings. The first kappa shape index (κ1) is 24.7. The van der Waals surface area contributed by atoms with E-state index >= 15 is 0 Å². The fourth-order valence-electron chi connectivity index (χ4n) is 3.91. The summed E-state index contributed by atoms with van der Waals surface area (Å²) in [5.41, 5.74) is 2.12. The number of nitrogens with zero attached hydrogens (tertiary/aromatic N) is 4. The number of hydrogen-bond acceptors (Lipinski definition) is 7. The molecule has 11 heteroatoms. The van der Waals surface area contributed by atoms with Gasteiger partial charge in [0.05, 0.1) is 10.1 Å². The summed E-state index contributed by atoms with van der Waals surface area (Å²) in [6.07, 6.45) is 9.14. The van der Waals surface area contributed by atoms with Gasteiger partial charge < -0.3 is 9.66 Å². The molecule has 4 rings (SSSR count). The number of amides is 1. The Kier molecular flexibility index (Phi) is 8.11. The highest BCUT2D eigenvalue weighted by Crippen LogP contribution is 2.29. The van der Waals surface area contributed by atoms with Crippen molar-refractivity contribution in [1.82, 2.24) is 14.5 Å². The van der Waals surface area contributed by atoms with Crippen molar-refractivity contribution in [3.63, 3.8) is 0 Å². The minimum Gasteiger partial charge on any atom is -0.748 e. The molecule has 1 aromatic carbocycles. The number of carbonyl (C=O) groups is 1. The highest BCUT2D eigenvalue weighted by Gasteiger charge is 2.35. The average molecular weight is 476 g/mol. The molecule has 0 fully saturated rings. The van der Waals surface area contributed by atoms with Crippen LogP contribution in [0.1, 0.15) is 55.4 Å². The summed E-state index contributed by atoms with van der Waals surface area (Å²) in [7, 11) is -3.92. The van der Waals surface area contributed by atoms with E-state index in [1.54, 1.807) is 24.8 Å². The van der Waals surface area contributed by atoms with Gasteiger partial charge in [0, 0.05) is 11.8 Å². The minimum atomic E-state index is -3.92. The molecule has 3 heterocycles. The second kappa shape index (κ2) is 10.8. The lowest BCUT2D eigenvalue weighted by Gasteiger charge is -2.26. The van der Waals surface area contributed by atoms with Gasteiger partial charge in [0.15, 0.2) is 11.8 Å². The number of aliphatic hydroxyl groups is 1. The SMILES string of the molecule is CCCCCC[C@@H]1[C@@H](O)C[n+]2cnc(NC(=O)c3ccccc3)c3ncn1c32.CS(=O)(=O)[O-]. The molecular weight excluding hydrogens is 446 g/mol. The summed E-state index contributed by atoms with van der Waals surface area (Å²) >= 11 is 0. The Balaban J connectivity index is 0.000000555. The molecular formula is C22H29N5O5S. The first-order chi connectivity index (χ1) is 15.7. The van der Waals surface area contributed by atoms with Gasteiger partial charge in [-0.3, -0.25) is 10.1 Å². The molecule has 0 saturated heterocycles. The van der Waals surface area contributed by atoms with Crippen LogP contribution in [-0.2, 0) is 16.7 Å². The molecule has 0 radical (unpaired) electrons. The van der Waals surface area contributed by atoms with Gasteiger partial charge in [0.25, 0.3) is 11.6 Å². The van der Waals surface area contributed by atoms with Crippen molar-refractivity contribution in [3.05, 3.63) is 48.5 Å². The number of rotatable bonds is 7. The van der Waals surface area contributed by atoms with E-state index in [4.69, 9.17) is 13.0 Å². The number of nitrogens with one attached hydrogen (secondary N) is 1. The molecule has 0 bridgehead atoms. The van der Waals surface area contributed by atoms with Gasteiger partial charge in [-0.2, -0.15) is 0 Å². The Labute approximate surface area is 193 Å². The van der Waals surface area contributed by atoms with Crippen molar-refractivity contribution in [2.75, 3.05) is 11.6 Å². The number of hydrogen-bond donors (Lipinski definition) is 2. The zero-order valence-electron chi connectivity index (χ0n) is 18.7. The maximum Gasteiger partial charge on any atom is 0.261 e. The largest absolute Gasteiger partial charge is 0.748 e. The van der Waals surface area contributed by atoms with E-state index in [0.717, 1.165) is 18.5 Å². The van der Waals surface area contributed by atoms with Crippen molar-refractivity contribution in [2.24, 2.45) is 0 Å². The fraction of sp³-hybridized carbons (Fsp3) is 0.455. The third-order valence-corrected chi connectivity index (χ3v) is 5.40. The average Bonchev–Trinajstić information content (AvgIpc) is 3.20. The molecule has 0 spiro atoms. The number of aliphatic hydroxyl groups excluding tert-OH is 1. The third-order valence-electron chi connectivity index (χ3n) is 5.40. The monoisotopic (exact) mass is 475 g/mol. The normalized spacial score (nSPS) is 17.3. The van der Waals surface area contributed by atoms with Crippen LogP contribution in [0, 0.1) is 0 Å². The minimum absolute atomic E-state index is 0.00179. The van der Waals surface area contributed by atoms with Gasteiger partial charge in [-0.15, -0.1) is 0 Å². The molecule has 10 nitrogen and oxygen atoms in total. The van der Waals surface area contributed by atoms with Crippen molar-refractivity contribution in [3.8, 4) is 0 Å². The first-order valence-electron chi connectivity index (χ1n) is 10.9. The van der Waals surface area contributed by atoms with E-state index in [9.17, 15) is 9.90 Å². The van der Waals surface area contributed by atoms with E-state index in [-0.39, 0.29) is 11.9 Å². The first-order valence-corrected chi connectivity index (χ1v) is 12.7. The predicted molar refractivity (Wildman–Crippen MR) is 122 cm³/mol. The Morgan fingerprint density at radius 1 is 1.24 bits per heavy atom. The third kappa shape index (κ3) is 6.56. The van der Waals surface area contributed by atoms with Crippen molar-refractivity contribution in [1.29, 1.82) is 0 Å². The highest BCUT2D eigenvalue weighted by molar-refractivity contribution is 7.84. The maximum atomic E-state index is 12.5. The molecule has 33 heavy (non-hydrogen) atoms. The zero-order chi connectivity index (χ0) is 24.0. The quantitative estimate of drug-likeness (QED) is 0.302. The maximum absolute atomic E-state index is 12.5. The van der Waals surface area contributed by atoms with Crippen LogP contribution < -0.4 is 9.88 Å². The highest BCUT2D eigenvalue weighted by atomic mass is 32.2. The van der Waals surface area contributed by atoms with Crippen molar-refractivity contribution >= 4 is 33.0 Å². The number of carbonyl (C=O) groups excluding carboxylic acids is 1. The molecule has 1 amide bonds. The van der Waals surface area contributed by atoms with Crippen LogP contribution in [0.15, 0.2) is 43.0 Å². The smallest absolute Gasteiger partial charge is 0.261 e. The second-order valence-electron chi connectivity index (χ2n) is 8.08. The summed E-state index contributed by atoms with van der Waals surface area (Å²) in [6.45, 7) is 2.68. The van der Waals surface area contributed by atoms with Crippen molar-refractivity contribution in [2.45, 2.75) is 57.7 Å². The van der Waals surface area contributed by atoms with E-state index in [1.165, 1.54) is 19.3 Å². The number of unbranched alkanes of at least 4 members (excludes halogenated alkanes) is 3. The lowest BCUT2D eigenvalue weighted by Crippen LogP contribution is -2.49. The van der Waals surface area contributed by atoms with Gasteiger partial charge in [-0.25, -0.2) is 22.5 Å². The zero-order valence-corrected chi connectivity index (χ0v) is 19.5. The van der Waals surface area contributed by atoms with E-state index in [1.807, 2.05) is 27.3 Å². The van der Waals surface area contributed by atoms with Gasteiger partial charge in [0.1, 0.15) is 18.7 Å². The summed E-state index contributed by atoms with van der Waals surface area (Å²) in [5, 5.41) is 13.5. The molecule has 3 aromatic rings. The lowest BCUT2D eigenvalue weighted by atomic mass is 10.0. The summed E-state index contributed by atoms with van der Waals surface area (Å²) in [4.78, 5) is 21.4. The fourth-order valence-corrected chi connectivity index (χ4v) is 3.91. The topological polar surface area (TPSA) is 141 Å². The van der Waals surface area contributed by atoms with Gasteiger partial charge >= 0.3 is 0 Å². The van der Waals surface area contributed by atoms with Crippen LogP contribution in [0.4, 0.5) is 5.82 Å². The molecule has 0 unspecified atom stereocenters. The number of imidazole rings is 1. The molecule has 0 saturated carbocycles. The van der Waals surface area contributed by atoms with E-state index in [2.05, 4.69) is 22.2 Å². The predicted octanol–water partition coefficient (Wildman–Crippen LogP) is 2.02. The van der Waals surface area contributed by atoms with E-state index in [0.29, 0.717) is 29.7 Å². The Hall–Kier alpha value is -2.89. The Morgan fingerprint density at radius 2 is 1.94 bits per heavy atom. The van der Waals surface area contributed by atoms with Crippen LogP contribution >= 0.6 is 0 Å². The van der Waals surface area contributed by atoms with Crippen LogP contribution in [0.3, 0.4) is 0 Å². The number of anilines is 1. The van der Waals surface area contributed by atoms with Gasteiger partial charge in [0.2, 0.25) is 12.1 Å². The molecule has 2 atom stereocenters. The van der Waals surface area contributed by atoms with E-state index < -0.39 is 16.2 Å². The molecule has 178 valence electrons. The summed E-state index contributed by atoms with van der Waals surface area (Å²) < 4.78 is 31.2. The summed E-state index contributed by atoms with van der Waals surface area (Å²) in [6, 6.07) is 9.06. The molecule has 0 aliphatic carbocycles. The molecule has 2 N–H and O–H groups in total. The number of aromatic nitrogens is 4. The van der Waals surface area contributed by atoms with Crippen LogP contribution in [0.25, 0.3) is 11.2 Å². The molecule has 2 aromatic heterocycles. The van der Waals surface area contributed by atoms with Crippen LogP contribution in [0.5, 0.6) is 0 Å². The standard InChI is InChI=1S/C21H25N5O2.CH4O3S/c1-2-3-4-8-11-16-17(27)12-25-13-23-19(18-21(25)26(16)14-22-18)24-20(28)15-9-6-5-7-10-15;1-5(2,3)4/h5-7,9-10,13-14,16-17,27H,2-4,8,11-12H2,1H3;1H3,(H,2,3,4)/t16-,17+;/m1./s1. The van der Waals surface area contributed by atoms with Crippen LogP contribution in [-0.4, -0.2) is 50.9 Å². The van der Waals surface area contributed by atoms with Gasteiger partial charge in [-0.05, 0) is 25.0 Å². The van der Waals surface area contributed by atoms with Crippen molar-refractivity contribution < 1.29 is 27.4 Å². The second-order valence-corrected chi connectivity index (χ2v) is 9.49. The van der Waals surface area contributed by atoms with Gasteiger partial charge in [-0.1, -0.05) is 49.4 Å². The molecule has 1 aliphatic heterocycles. The lowest BCUT2D eigenvalue weighted by molar-refractivity contribution is -0.690. The number of benzene rings is 1. The van der Waals surface area contributed by atoms with Crippen LogP contribution in [0.2, 0.25) is 0 Å². The Bertz CT molecular complexity index is 1190. The summed E-state index contributed by atoms with van der Waals surface area (Å²) in [5.74, 6) is 0.231.